The van der Waals surface area contributed by atoms with Gasteiger partial charge in [-0.15, -0.1) is 0 Å². The van der Waals surface area contributed by atoms with Crippen molar-refractivity contribution >= 4 is 21.9 Å². The molecule has 0 bridgehead atoms. The fraction of sp³-hybridized carbons (Fsp3) is 0.286. The first-order chi connectivity index (χ1) is 8.97. The molecule has 0 atom stereocenters. The first kappa shape index (κ1) is 13.8. The van der Waals surface area contributed by atoms with E-state index in [0.29, 0.717) is 6.54 Å². The van der Waals surface area contributed by atoms with Gasteiger partial charge in [0.25, 0.3) is 0 Å². The first-order valence-electron chi connectivity index (χ1n) is 6.00. The molecule has 5 heteroatoms. The van der Waals surface area contributed by atoms with Gasteiger partial charge in [0, 0.05) is 16.2 Å². The van der Waals surface area contributed by atoms with E-state index in [9.17, 15) is 4.79 Å². The SMILES string of the molecule is Cc1cc(Br)ccc1-c1cn(CCC(=O)O)nc1C. The summed E-state index contributed by atoms with van der Waals surface area (Å²) in [6, 6.07) is 6.10. The summed E-state index contributed by atoms with van der Waals surface area (Å²) in [5.74, 6) is -0.811. The molecule has 0 aliphatic rings. The van der Waals surface area contributed by atoms with Crippen molar-refractivity contribution in [3.63, 3.8) is 0 Å². The molecule has 2 rings (SSSR count). The van der Waals surface area contributed by atoms with Crippen LogP contribution in [0, 0.1) is 13.8 Å². The van der Waals surface area contributed by atoms with Gasteiger partial charge in [0.05, 0.1) is 18.7 Å². The Kier molecular flexibility index (Phi) is 4.04. The number of hydrogen-bond acceptors (Lipinski definition) is 2. The van der Waals surface area contributed by atoms with Crippen molar-refractivity contribution < 1.29 is 9.90 Å². The van der Waals surface area contributed by atoms with Gasteiger partial charge in [-0.2, -0.15) is 5.10 Å². The summed E-state index contributed by atoms with van der Waals surface area (Å²) in [5.41, 5.74) is 4.25. The van der Waals surface area contributed by atoms with E-state index < -0.39 is 5.97 Å². The second kappa shape index (κ2) is 5.57. The van der Waals surface area contributed by atoms with Crippen LogP contribution in [-0.4, -0.2) is 20.9 Å². The minimum atomic E-state index is -0.811. The van der Waals surface area contributed by atoms with Crippen LogP contribution in [0.5, 0.6) is 0 Å². The summed E-state index contributed by atoms with van der Waals surface area (Å²) < 4.78 is 2.74. The smallest absolute Gasteiger partial charge is 0.305 e. The topological polar surface area (TPSA) is 55.1 Å². The highest BCUT2D eigenvalue weighted by atomic mass is 79.9. The lowest BCUT2D eigenvalue weighted by Gasteiger charge is -2.04. The van der Waals surface area contributed by atoms with E-state index in [1.54, 1.807) is 4.68 Å². The number of nitrogens with zero attached hydrogens (tertiary/aromatic N) is 2. The highest BCUT2D eigenvalue weighted by Crippen LogP contribution is 2.28. The van der Waals surface area contributed by atoms with Crippen molar-refractivity contribution in [2.45, 2.75) is 26.8 Å². The average Bonchev–Trinajstić information content (AvgIpc) is 2.68. The van der Waals surface area contributed by atoms with E-state index in [1.165, 1.54) is 0 Å². The summed E-state index contributed by atoms with van der Waals surface area (Å²) in [5, 5.41) is 13.1. The summed E-state index contributed by atoms with van der Waals surface area (Å²) in [4.78, 5) is 10.6. The number of benzene rings is 1. The van der Waals surface area contributed by atoms with Gasteiger partial charge in [-0.05, 0) is 37.1 Å². The van der Waals surface area contributed by atoms with Crippen LogP contribution in [-0.2, 0) is 11.3 Å². The third kappa shape index (κ3) is 3.23. The Labute approximate surface area is 120 Å². The van der Waals surface area contributed by atoms with Crippen LogP contribution in [0.1, 0.15) is 17.7 Å². The second-order valence-corrected chi connectivity index (χ2v) is 5.41. The fourth-order valence-corrected chi connectivity index (χ4v) is 2.51. The minimum Gasteiger partial charge on any atom is -0.481 e. The Balaban J connectivity index is 2.32. The van der Waals surface area contributed by atoms with Gasteiger partial charge in [0.1, 0.15) is 0 Å². The lowest BCUT2D eigenvalue weighted by Crippen LogP contribution is -2.04. The van der Waals surface area contributed by atoms with Crippen LogP contribution in [0.15, 0.2) is 28.9 Å². The van der Waals surface area contributed by atoms with Gasteiger partial charge in [-0.1, -0.05) is 22.0 Å². The van der Waals surface area contributed by atoms with Gasteiger partial charge in [-0.3, -0.25) is 9.48 Å². The van der Waals surface area contributed by atoms with Crippen molar-refractivity contribution in [2.75, 3.05) is 0 Å². The van der Waals surface area contributed by atoms with E-state index >= 15 is 0 Å². The molecule has 0 aliphatic carbocycles. The molecule has 1 heterocycles. The zero-order chi connectivity index (χ0) is 14.0. The molecule has 0 radical (unpaired) electrons. The number of carbonyl (C=O) groups is 1. The van der Waals surface area contributed by atoms with Crippen LogP contribution in [0.25, 0.3) is 11.1 Å². The monoisotopic (exact) mass is 322 g/mol. The highest BCUT2D eigenvalue weighted by molar-refractivity contribution is 9.10. The second-order valence-electron chi connectivity index (χ2n) is 4.49. The minimum absolute atomic E-state index is 0.0832. The zero-order valence-electron chi connectivity index (χ0n) is 10.9. The molecular formula is C14H15BrN2O2. The Morgan fingerprint density at radius 2 is 2.11 bits per heavy atom. The lowest BCUT2D eigenvalue weighted by atomic mass is 10.0. The summed E-state index contributed by atoms with van der Waals surface area (Å²) >= 11 is 3.45. The maximum atomic E-state index is 10.6. The fourth-order valence-electron chi connectivity index (χ4n) is 2.04. The number of aryl methyl sites for hydroxylation is 3. The van der Waals surface area contributed by atoms with Gasteiger partial charge < -0.3 is 5.11 Å². The molecule has 0 aliphatic heterocycles. The van der Waals surface area contributed by atoms with Gasteiger partial charge in [0.2, 0.25) is 0 Å². The average molecular weight is 323 g/mol. The maximum absolute atomic E-state index is 10.6. The standard InChI is InChI=1S/C14H15BrN2O2/c1-9-7-11(15)3-4-12(9)13-8-17(16-10(13)2)6-5-14(18)19/h3-4,7-8H,5-6H2,1-2H3,(H,18,19). The van der Waals surface area contributed by atoms with Crippen molar-refractivity contribution in [1.82, 2.24) is 9.78 Å². The third-order valence-electron chi connectivity index (χ3n) is 2.98. The molecule has 1 aromatic heterocycles. The Hall–Kier alpha value is -1.62. The van der Waals surface area contributed by atoms with Gasteiger partial charge in [-0.25, -0.2) is 0 Å². The van der Waals surface area contributed by atoms with Crippen LogP contribution in [0.2, 0.25) is 0 Å². The Morgan fingerprint density at radius 1 is 1.37 bits per heavy atom. The molecule has 1 N–H and O–H groups in total. The van der Waals surface area contributed by atoms with Crippen molar-refractivity contribution in [1.29, 1.82) is 0 Å². The number of hydrogen-bond donors (Lipinski definition) is 1. The quantitative estimate of drug-likeness (QED) is 0.938. The van der Waals surface area contributed by atoms with Crippen LogP contribution in [0.4, 0.5) is 0 Å². The largest absolute Gasteiger partial charge is 0.481 e. The molecule has 100 valence electrons. The van der Waals surface area contributed by atoms with Gasteiger partial charge >= 0.3 is 5.97 Å². The summed E-state index contributed by atoms with van der Waals surface area (Å²) in [6.45, 7) is 4.38. The van der Waals surface area contributed by atoms with E-state index in [2.05, 4.69) is 27.1 Å². The van der Waals surface area contributed by atoms with E-state index in [0.717, 1.165) is 26.9 Å². The number of aliphatic carboxylic acids is 1. The highest BCUT2D eigenvalue weighted by Gasteiger charge is 2.10. The Morgan fingerprint density at radius 3 is 2.74 bits per heavy atom. The van der Waals surface area contributed by atoms with E-state index in [-0.39, 0.29) is 6.42 Å². The van der Waals surface area contributed by atoms with Crippen molar-refractivity contribution in [2.24, 2.45) is 0 Å². The van der Waals surface area contributed by atoms with E-state index in [1.807, 2.05) is 32.2 Å². The zero-order valence-corrected chi connectivity index (χ0v) is 12.4. The van der Waals surface area contributed by atoms with Gasteiger partial charge in [0.15, 0.2) is 0 Å². The maximum Gasteiger partial charge on any atom is 0.305 e. The molecule has 0 fully saturated rings. The Bertz CT molecular complexity index is 620. The number of carboxylic acid groups (broad SMARTS) is 1. The molecule has 2 aromatic rings. The van der Waals surface area contributed by atoms with Crippen LogP contribution < -0.4 is 0 Å². The van der Waals surface area contributed by atoms with E-state index in [4.69, 9.17) is 5.11 Å². The lowest BCUT2D eigenvalue weighted by molar-refractivity contribution is -0.137. The van der Waals surface area contributed by atoms with Crippen molar-refractivity contribution in [3.05, 3.63) is 40.1 Å². The van der Waals surface area contributed by atoms with Crippen molar-refractivity contribution in [3.8, 4) is 11.1 Å². The predicted molar refractivity (Wildman–Crippen MR) is 77.1 cm³/mol. The first-order valence-corrected chi connectivity index (χ1v) is 6.79. The molecule has 0 saturated heterocycles. The number of carboxylic acids is 1. The predicted octanol–water partition coefficient (Wildman–Crippen LogP) is 3.40. The number of halogens is 1. The molecule has 19 heavy (non-hydrogen) atoms. The van der Waals surface area contributed by atoms with Crippen LogP contribution >= 0.6 is 15.9 Å². The molecular weight excluding hydrogens is 308 g/mol. The molecule has 0 amide bonds. The molecule has 1 aromatic carbocycles. The third-order valence-corrected chi connectivity index (χ3v) is 3.47. The van der Waals surface area contributed by atoms with Crippen LogP contribution in [0.3, 0.4) is 0 Å². The normalized spacial score (nSPS) is 10.7. The molecule has 0 saturated carbocycles. The number of rotatable bonds is 4. The number of aromatic nitrogens is 2. The molecule has 4 nitrogen and oxygen atoms in total. The molecule has 0 unspecified atom stereocenters. The summed E-state index contributed by atoms with van der Waals surface area (Å²) in [7, 11) is 0. The molecule has 0 spiro atoms. The summed E-state index contributed by atoms with van der Waals surface area (Å²) in [6.07, 6.45) is 1.99.